The van der Waals surface area contributed by atoms with Crippen LogP contribution >= 0.6 is 0 Å². The van der Waals surface area contributed by atoms with Crippen LogP contribution in [0.25, 0.3) is 0 Å². The zero-order chi connectivity index (χ0) is 22.3. The van der Waals surface area contributed by atoms with Crippen LogP contribution in [0.2, 0.25) is 0 Å². The van der Waals surface area contributed by atoms with Gasteiger partial charge in [0.05, 0.1) is 19.1 Å². The van der Waals surface area contributed by atoms with E-state index in [0.717, 1.165) is 22.5 Å². The number of para-hydroxylation sites is 1. The maximum absolute atomic E-state index is 12.4. The number of amides is 3. The molecule has 3 amide bonds. The van der Waals surface area contributed by atoms with Gasteiger partial charge in [0.1, 0.15) is 5.82 Å². The lowest BCUT2D eigenvalue weighted by Crippen LogP contribution is -2.47. The summed E-state index contributed by atoms with van der Waals surface area (Å²) < 4.78 is 0. The highest BCUT2D eigenvalue weighted by atomic mass is 16.2. The van der Waals surface area contributed by atoms with Crippen LogP contribution < -0.4 is 16.0 Å². The molecule has 8 nitrogen and oxygen atoms in total. The Morgan fingerprint density at radius 2 is 1.60 bits per heavy atom. The average Bonchev–Trinajstić information content (AvgIpc) is 2.68. The van der Waals surface area contributed by atoms with E-state index in [1.807, 2.05) is 45.0 Å². The molecule has 1 aromatic heterocycles. The second-order valence-corrected chi connectivity index (χ2v) is 7.34. The van der Waals surface area contributed by atoms with Crippen LogP contribution in [0.5, 0.6) is 0 Å². The van der Waals surface area contributed by atoms with Crippen LogP contribution in [0, 0.1) is 20.8 Å². The number of nitrogens with one attached hydrogen (secondary N) is 3. The van der Waals surface area contributed by atoms with Gasteiger partial charge in [0.25, 0.3) is 0 Å². The SMILES string of the molecule is Cc1cccc(NC(=O)CN(C)C(C)C(=O)NCC(=O)Nc2c(C)cccc2C)n1. The average molecular weight is 412 g/mol. The van der Waals surface area contributed by atoms with Crippen molar-refractivity contribution in [1.29, 1.82) is 0 Å². The van der Waals surface area contributed by atoms with Gasteiger partial charge in [-0.2, -0.15) is 0 Å². The van der Waals surface area contributed by atoms with Gasteiger partial charge in [0.2, 0.25) is 17.7 Å². The zero-order valence-corrected chi connectivity index (χ0v) is 18.1. The second-order valence-electron chi connectivity index (χ2n) is 7.34. The number of nitrogens with zero attached hydrogens (tertiary/aromatic N) is 2. The van der Waals surface area contributed by atoms with Gasteiger partial charge in [-0.05, 0) is 58.0 Å². The number of hydrogen-bond donors (Lipinski definition) is 3. The molecule has 0 aliphatic carbocycles. The number of pyridine rings is 1. The molecule has 0 saturated heterocycles. The van der Waals surface area contributed by atoms with E-state index in [4.69, 9.17) is 0 Å². The second kappa shape index (κ2) is 10.5. The first-order valence-corrected chi connectivity index (χ1v) is 9.75. The molecule has 1 heterocycles. The van der Waals surface area contributed by atoms with Crippen molar-refractivity contribution in [3.63, 3.8) is 0 Å². The third kappa shape index (κ3) is 6.66. The third-order valence-corrected chi connectivity index (χ3v) is 4.76. The number of hydrogen-bond acceptors (Lipinski definition) is 5. The fraction of sp³-hybridized carbons (Fsp3) is 0.364. The monoisotopic (exact) mass is 411 g/mol. The van der Waals surface area contributed by atoms with Crippen molar-refractivity contribution in [2.24, 2.45) is 0 Å². The molecule has 1 aromatic carbocycles. The fourth-order valence-electron chi connectivity index (χ4n) is 2.87. The standard InChI is InChI=1S/C22H29N5O3/c1-14-8-6-9-15(2)21(14)26-19(28)12-23-22(30)17(4)27(5)13-20(29)25-18-11-7-10-16(3)24-18/h6-11,17H,12-13H2,1-5H3,(H,23,30)(H,26,28)(H,24,25,29). The van der Waals surface area contributed by atoms with Crippen LogP contribution in [0.3, 0.4) is 0 Å². The molecule has 0 aliphatic rings. The van der Waals surface area contributed by atoms with Gasteiger partial charge in [0, 0.05) is 11.4 Å². The molecule has 2 aromatic rings. The predicted octanol–water partition coefficient (Wildman–Crippen LogP) is 2.02. The third-order valence-electron chi connectivity index (χ3n) is 4.76. The maximum Gasteiger partial charge on any atom is 0.243 e. The van der Waals surface area contributed by atoms with Gasteiger partial charge in [0.15, 0.2) is 0 Å². The lowest BCUT2D eigenvalue weighted by Gasteiger charge is -2.23. The normalized spacial score (nSPS) is 11.7. The summed E-state index contributed by atoms with van der Waals surface area (Å²) in [7, 11) is 1.67. The summed E-state index contributed by atoms with van der Waals surface area (Å²) in [6.45, 7) is 7.20. The molecule has 0 aliphatic heterocycles. The molecule has 8 heteroatoms. The molecule has 0 spiro atoms. The van der Waals surface area contributed by atoms with Gasteiger partial charge in [-0.3, -0.25) is 19.3 Å². The Kier molecular flexibility index (Phi) is 8.06. The first-order valence-electron chi connectivity index (χ1n) is 9.75. The molecule has 3 N–H and O–H groups in total. The Bertz CT molecular complexity index is 908. The number of anilines is 2. The summed E-state index contributed by atoms with van der Waals surface area (Å²) in [5.41, 5.74) is 3.46. The minimum atomic E-state index is -0.589. The van der Waals surface area contributed by atoms with Crippen LogP contribution in [-0.4, -0.2) is 53.8 Å². The molecule has 160 valence electrons. The molecule has 2 rings (SSSR count). The van der Waals surface area contributed by atoms with E-state index in [1.54, 1.807) is 31.0 Å². The molecular formula is C22H29N5O3. The van der Waals surface area contributed by atoms with Crippen LogP contribution in [0.4, 0.5) is 11.5 Å². The fourth-order valence-corrected chi connectivity index (χ4v) is 2.87. The van der Waals surface area contributed by atoms with E-state index < -0.39 is 6.04 Å². The van der Waals surface area contributed by atoms with Gasteiger partial charge in [-0.15, -0.1) is 0 Å². The number of aromatic nitrogens is 1. The van der Waals surface area contributed by atoms with E-state index in [1.165, 1.54) is 0 Å². The van der Waals surface area contributed by atoms with Crippen molar-refractivity contribution in [3.05, 3.63) is 53.2 Å². The first-order chi connectivity index (χ1) is 14.2. The number of carbonyl (C=O) groups is 3. The Labute approximate surface area is 177 Å². The van der Waals surface area contributed by atoms with Crippen molar-refractivity contribution in [2.45, 2.75) is 33.7 Å². The summed E-state index contributed by atoms with van der Waals surface area (Å²) in [5.74, 6) is -0.453. The summed E-state index contributed by atoms with van der Waals surface area (Å²) in [5, 5.41) is 8.15. The van der Waals surface area contributed by atoms with Gasteiger partial charge >= 0.3 is 0 Å². The number of carbonyl (C=O) groups excluding carboxylic acids is 3. The number of aryl methyl sites for hydroxylation is 3. The highest BCUT2D eigenvalue weighted by molar-refractivity contribution is 5.96. The van der Waals surface area contributed by atoms with Crippen LogP contribution in [0.15, 0.2) is 36.4 Å². The van der Waals surface area contributed by atoms with Crippen molar-refractivity contribution in [3.8, 4) is 0 Å². The van der Waals surface area contributed by atoms with Crippen molar-refractivity contribution in [1.82, 2.24) is 15.2 Å². The van der Waals surface area contributed by atoms with Gasteiger partial charge in [-0.1, -0.05) is 24.3 Å². The van der Waals surface area contributed by atoms with Crippen LogP contribution in [0.1, 0.15) is 23.7 Å². The molecule has 30 heavy (non-hydrogen) atoms. The molecule has 0 fully saturated rings. The van der Waals surface area contributed by atoms with Crippen molar-refractivity contribution in [2.75, 3.05) is 30.8 Å². The zero-order valence-electron chi connectivity index (χ0n) is 18.1. The Balaban J connectivity index is 1.81. The topological polar surface area (TPSA) is 103 Å². The van der Waals surface area contributed by atoms with Gasteiger partial charge < -0.3 is 16.0 Å². The van der Waals surface area contributed by atoms with E-state index in [-0.39, 0.29) is 30.8 Å². The Hall–Kier alpha value is -3.26. The Morgan fingerprint density at radius 3 is 2.23 bits per heavy atom. The molecule has 1 atom stereocenters. The number of rotatable bonds is 8. The summed E-state index contributed by atoms with van der Waals surface area (Å²) >= 11 is 0. The van der Waals surface area contributed by atoms with E-state index >= 15 is 0 Å². The molecule has 1 unspecified atom stereocenters. The minimum absolute atomic E-state index is 0.0127. The van der Waals surface area contributed by atoms with E-state index in [0.29, 0.717) is 5.82 Å². The Morgan fingerprint density at radius 1 is 0.967 bits per heavy atom. The summed E-state index contributed by atoms with van der Waals surface area (Å²) in [6, 6.07) is 10.5. The maximum atomic E-state index is 12.4. The molecular weight excluding hydrogens is 382 g/mol. The summed E-state index contributed by atoms with van der Waals surface area (Å²) in [6.07, 6.45) is 0. The molecule has 0 bridgehead atoms. The quantitative estimate of drug-likeness (QED) is 0.617. The lowest BCUT2D eigenvalue weighted by molar-refractivity contribution is -0.128. The molecule has 0 radical (unpaired) electrons. The highest BCUT2D eigenvalue weighted by Gasteiger charge is 2.21. The first kappa shape index (κ1) is 23.0. The smallest absolute Gasteiger partial charge is 0.243 e. The highest BCUT2D eigenvalue weighted by Crippen LogP contribution is 2.19. The van der Waals surface area contributed by atoms with Crippen molar-refractivity contribution >= 4 is 29.2 Å². The van der Waals surface area contributed by atoms with E-state index in [9.17, 15) is 14.4 Å². The van der Waals surface area contributed by atoms with Gasteiger partial charge in [-0.25, -0.2) is 4.98 Å². The van der Waals surface area contributed by atoms with Crippen molar-refractivity contribution < 1.29 is 14.4 Å². The van der Waals surface area contributed by atoms with Crippen LogP contribution in [-0.2, 0) is 14.4 Å². The molecule has 0 saturated carbocycles. The largest absolute Gasteiger partial charge is 0.346 e. The van der Waals surface area contributed by atoms with E-state index in [2.05, 4.69) is 20.9 Å². The number of benzene rings is 1. The lowest BCUT2D eigenvalue weighted by atomic mass is 10.1. The number of likely N-dealkylation sites (N-methyl/N-ethyl adjacent to an activating group) is 1. The summed E-state index contributed by atoms with van der Waals surface area (Å²) in [4.78, 5) is 42.6. The minimum Gasteiger partial charge on any atom is -0.346 e. The predicted molar refractivity (Wildman–Crippen MR) is 117 cm³/mol.